The van der Waals surface area contributed by atoms with Crippen LogP contribution >= 0.6 is 0 Å². The first-order valence-electron chi connectivity index (χ1n) is 12.9. The molecule has 10 heteroatoms. The van der Waals surface area contributed by atoms with Gasteiger partial charge in [0.25, 0.3) is 17.7 Å². The average Bonchev–Trinajstić information content (AvgIpc) is 3.19. The van der Waals surface area contributed by atoms with Crippen LogP contribution in [-0.2, 0) is 10.0 Å². The van der Waals surface area contributed by atoms with Crippen molar-refractivity contribution in [2.75, 3.05) is 29.9 Å². The molecule has 0 aliphatic carbocycles. The molecule has 0 unspecified atom stereocenters. The number of imide groups is 1. The number of aryl methyl sites for hydroxylation is 1. The number of rotatable bonds is 7. The summed E-state index contributed by atoms with van der Waals surface area (Å²) in [4.78, 5) is 40.6. The fourth-order valence-electron chi connectivity index (χ4n) is 4.82. The highest BCUT2D eigenvalue weighted by Crippen LogP contribution is 2.31. The molecule has 1 N–H and O–H groups in total. The number of benzene rings is 3. The molecule has 0 saturated carbocycles. The highest BCUT2D eigenvalue weighted by Gasteiger charge is 2.37. The van der Waals surface area contributed by atoms with E-state index in [-0.39, 0.29) is 21.6 Å². The Kier molecular flexibility index (Phi) is 7.24. The number of anilines is 2. The van der Waals surface area contributed by atoms with Gasteiger partial charge in [-0.2, -0.15) is 4.31 Å². The number of carbonyl (C=O) groups excluding carboxylic acids is 3. The van der Waals surface area contributed by atoms with Crippen molar-refractivity contribution < 1.29 is 27.5 Å². The van der Waals surface area contributed by atoms with Gasteiger partial charge in [-0.1, -0.05) is 12.5 Å². The SMILES string of the molecule is CCOc1ccc(N2C(=O)c3ccc(C(=O)Nc4cc(S(=O)(=O)N5CCCCC5)ccc4C)cc3C2=O)cc1. The minimum atomic E-state index is -3.68. The molecular weight excluding hydrogens is 518 g/mol. The van der Waals surface area contributed by atoms with Crippen molar-refractivity contribution in [2.45, 2.75) is 38.0 Å². The molecule has 2 heterocycles. The van der Waals surface area contributed by atoms with Crippen molar-refractivity contribution in [1.82, 2.24) is 4.31 Å². The van der Waals surface area contributed by atoms with E-state index in [0.717, 1.165) is 24.2 Å². The van der Waals surface area contributed by atoms with Crippen LogP contribution in [0, 0.1) is 6.92 Å². The summed E-state index contributed by atoms with van der Waals surface area (Å²) in [6.45, 7) is 5.09. The summed E-state index contributed by atoms with van der Waals surface area (Å²) in [5.41, 5.74) is 1.95. The predicted molar refractivity (Wildman–Crippen MR) is 147 cm³/mol. The van der Waals surface area contributed by atoms with Gasteiger partial charge in [0.2, 0.25) is 10.0 Å². The molecule has 2 aliphatic rings. The predicted octanol–water partition coefficient (Wildman–Crippen LogP) is 4.62. The lowest BCUT2D eigenvalue weighted by molar-refractivity contribution is 0.0925. The number of carbonyl (C=O) groups is 3. The van der Waals surface area contributed by atoms with Crippen LogP contribution in [0.4, 0.5) is 11.4 Å². The Morgan fingerprint density at radius 3 is 2.28 bits per heavy atom. The van der Waals surface area contributed by atoms with Gasteiger partial charge in [-0.25, -0.2) is 13.3 Å². The largest absolute Gasteiger partial charge is 0.494 e. The molecule has 3 aromatic carbocycles. The zero-order valence-corrected chi connectivity index (χ0v) is 22.6. The van der Waals surface area contributed by atoms with Crippen LogP contribution < -0.4 is 15.0 Å². The number of fused-ring (bicyclic) bond motifs is 1. The van der Waals surface area contributed by atoms with Gasteiger partial charge in [-0.05, 0) is 86.8 Å². The molecule has 9 nitrogen and oxygen atoms in total. The molecule has 5 rings (SSSR count). The minimum absolute atomic E-state index is 0.117. The molecule has 1 fully saturated rings. The van der Waals surface area contributed by atoms with Gasteiger partial charge in [0.1, 0.15) is 5.75 Å². The standard InChI is InChI=1S/C29H29N3O6S/c1-3-38-22-11-9-21(10-12-22)32-28(34)24-14-8-20(17-25(24)29(32)35)27(33)30-26-18-23(13-7-19(26)2)39(36,37)31-15-5-4-6-16-31/h7-14,17-18H,3-6,15-16H2,1-2H3,(H,30,33). The van der Waals surface area contributed by atoms with E-state index < -0.39 is 27.7 Å². The summed E-state index contributed by atoms with van der Waals surface area (Å²) in [5, 5.41) is 2.77. The van der Waals surface area contributed by atoms with E-state index in [1.807, 2.05) is 6.92 Å². The molecule has 202 valence electrons. The lowest BCUT2D eigenvalue weighted by Crippen LogP contribution is -2.35. The van der Waals surface area contributed by atoms with Gasteiger partial charge in [0, 0.05) is 24.3 Å². The Hall–Kier alpha value is -4.02. The van der Waals surface area contributed by atoms with Gasteiger partial charge in [0.15, 0.2) is 0 Å². The highest BCUT2D eigenvalue weighted by molar-refractivity contribution is 7.89. The summed E-state index contributed by atoms with van der Waals surface area (Å²) in [6.07, 6.45) is 2.66. The molecule has 3 aromatic rings. The van der Waals surface area contributed by atoms with Crippen molar-refractivity contribution >= 4 is 39.1 Å². The molecule has 2 aliphatic heterocycles. The van der Waals surface area contributed by atoms with E-state index in [4.69, 9.17) is 4.74 Å². The number of sulfonamides is 1. The maximum atomic E-state index is 13.2. The van der Waals surface area contributed by atoms with Crippen molar-refractivity contribution in [1.29, 1.82) is 0 Å². The maximum absolute atomic E-state index is 13.2. The molecule has 0 radical (unpaired) electrons. The number of hydrogen-bond donors (Lipinski definition) is 1. The van der Waals surface area contributed by atoms with Crippen molar-refractivity contribution in [2.24, 2.45) is 0 Å². The minimum Gasteiger partial charge on any atom is -0.494 e. The molecular formula is C29H29N3O6S. The molecule has 39 heavy (non-hydrogen) atoms. The Morgan fingerprint density at radius 1 is 0.897 bits per heavy atom. The Bertz CT molecular complexity index is 1560. The quantitative estimate of drug-likeness (QED) is 0.432. The molecule has 1 saturated heterocycles. The number of piperidine rings is 1. The van der Waals surface area contributed by atoms with E-state index in [9.17, 15) is 22.8 Å². The first-order valence-corrected chi connectivity index (χ1v) is 14.3. The summed E-state index contributed by atoms with van der Waals surface area (Å²) in [5.74, 6) is -0.898. The highest BCUT2D eigenvalue weighted by atomic mass is 32.2. The topological polar surface area (TPSA) is 113 Å². The van der Waals surface area contributed by atoms with Gasteiger partial charge < -0.3 is 10.1 Å². The second kappa shape index (κ2) is 10.6. The van der Waals surface area contributed by atoms with Crippen LogP contribution in [0.1, 0.15) is 62.8 Å². The monoisotopic (exact) mass is 547 g/mol. The normalized spacial score (nSPS) is 15.8. The van der Waals surface area contributed by atoms with Crippen LogP contribution in [0.15, 0.2) is 65.6 Å². The second-order valence-corrected chi connectivity index (χ2v) is 11.5. The summed E-state index contributed by atoms with van der Waals surface area (Å²) < 4.78 is 33.2. The number of ether oxygens (including phenoxy) is 1. The van der Waals surface area contributed by atoms with E-state index in [1.165, 1.54) is 28.6 Å². The summed E-state index contributed by atoms with van der Waals surface area (Å²) in [6, 6.07) is 15.6. The number of nitrogens with zero attached hydrogens (tertiary/aromatic N) is 2. The van der Waals surface area contributed by atoms with Crippen LogP contribution in [0.25, 0.3) is 0 Å². The number of amides is 3. The van der Waals surface area contributed by atoms with Gasteiger partial charge in [-0.3, -0.25) is 14.4 Å². The van der Waals surface area contributed by atoms with Crippen LogP contribution in [0.3, 0.4) is 0 Å². The first-order chi connectivity index (χ1) is 18.7. The second-order valence-electron chi connectivity index (χ2n) is 9.53. The van der Waals surface area contributed by atoms with Crippen molar-refractivity contribution in [3.63, 3.8) is 0 Å². The van der Waals surface area contributed by atoms with E-state index in [1.54, 1.807) is 43.3 Å². The fourth-order valence-corrected chi connectivity index (χ4v) is 6.36. The summed E-state index contributed by atoms with van der Waals surface area (Å²) >= 11 is 0. The lowest BCUT2D eigenvalue weighted by Gasteiger charge is -2.26. The van der Waals surface area contributed by atoms with Gasteiger partial charge in [-0.15, -0.1) is 0 Å². The third-order valence-electron chi connectivity index (χ3n) is 6.96. The molecule has 0 spiro atoms. The number of hydrogen-bond acceptors (Lipinski definition) is 6. The number of nitrogens with one attached hydrogen (secondary N) is 1. The summed E-state index contributed by atoms with van der Waals surface area (Å²) in [7, 11) is -3.68. The van der Waals surface area contributed by atoms with Crippen LogP contribution in [0.2, 0.25) is 0 Å². The molecule has 0 bridgehead atoms. The van der Waals surface area contributed by atoms with E-state index in [2.05, 4.69) is 5.32 Å². The van der Waals surface area contributed by atoms with E-state index in [0.29, 0.717) is 42.4 Å². The Balaban J connectivity index is 1.37. The van der Waals surface area contributed by atoms with Crippen LogP contribution in [-0.4, -0.2) is 50.1 Å². The third kappa shape index (κ3) is 5.05. The van der Waals surface area contributed by atoms with E-state index >= 15 is 0 Å². The maximum Gasteiger partial charge on any atom is 0.266 e. The van der Waals surface area contributed by atoms with Crippen molar-refractivity contribution in [3.8, 4) is 5.75 Å². The Morgan fingerprint density at radius 2 is 1.59 bits per heavy atom. The fraction of sp³-hybridized carbons (Fsp3) is 0.276. The average molecular weight is 548 g/mol. The Labute approximate surface area is 227 Å². The zero-order chi connectivity index (χ0) is 27.7. The van der Waals surface area contributed by atoms with Gasteiger partial charge in [0.05, 0.1) is 28.3 Å². The third-order valence-corrected chi connectivity index (χ3v) is 8.86. The van der Waals surface area contributed by atoms with Crippen LogP contribution in [0.5, 0.6) is 5.75 Å². The zero-order valence-electron chi connectivity index (χ0n) is 21.8. The first kappa shape index (κ1) is 26.6. The molecule has 3 amide bonds. The lowest BCUT2D eigenvalue weighted by atomic mass is 10.0. The van der Waals surface area contributed by atoms with Crippen molar-refractivity contribution in [3.05, 3.63) is 82.9 Å². The molecule has 0 aromatic heterocycles. The van der Waals surface area contributed by atoms with Gasteiger partial charge >= 0.3 is 0 Å². The molecule has 0 atom stereocenters. The smallest absolute Gasteiger partial charge is 0.266 e.